The van der Waals surface area contributed by atoms with Crippen LogP contribution in [-0.2, 0) is 13.6 Å². The van der Waals surface area contributed by atoms with Crippen LogP contribution in [0.4, 0.5) is 16.2 Å². The van der Waals surface area contributed by atoms with Crippen LogP contribution in [-0.4, -0.2) is 28.0 Å². The van der Waals surface area contributed by atoms with Gasteiger partial charge < -0.3 is 10.0 Å². The molecule has 6 nitrogen and oxygen atoms in total. The van der Waals surface area contributed by atoms with Gasteiger partial charge in [-0.25, -0.2) is 4.79 Å². The van der Waals surface area contributed by atoms with Gasteiger partial charge in [-0.15, -0.1) is 0 Å². The molecule has 0 saturated heterocycles. The van der Waals surface area contributed by atoms with Crippen LogP contribution in [0.3, 0.4) is 0 Å². The van der Waals surface area contributed by atoms with E-state index in [0.29, 0.717) is 12.2 Å². The summed E-state index contributed by atoms with van der Waals surface area (Å²) in [6.45, 7) is 0.717. The molecule has 0 saturated carbocycles. The Morgan fingerprint density at radius 2 is 2.21 bits per heavy atom. The molecule has 0 radical (unpaired) electrons. The van der Waals surface area contributed by atoms with Crippen molar-refractivity contribution in [2.45, 2.75) is 6.54 Å². The number of benzene rings is 1. The lowest BCUT2D eigenvalue weighted by Gasteiger charge is -2.29. The first-order valence-corrected chi connectivity index (χ1v) is 5.93. The lowest BCUT2D eigenvalue weighted by atomic mass is 9.99. The van der Waals surface area contributed by atoms with Crippen LogP contribution in [0.5, 0.6) is 0 Å². The maximum absolute atomic E-state index is 10.9. The summed E-state index contributed by atoms with van der Waals surface area (Å²) in [5.74, 6) is 0. The Kier molecular flexibility index (Phi) is 2.45. The number of fused-ring (bicyclic) bond motifs is 3. The van der Waals surface area contributed by atoms with Crippen LogP contribution in [0.15, 0.2) is 24.4 Å². The number of aromatic nitrogens is 2. The van der Waals surface area contributed by atoms with Gasteiger partial charge >= 0.3 is 6.09 Å². The van der Waals surface area contributed by atoms with Crippen molar-refractivity contribution in [1.82, 2.24) is 9.78 Å². The molecule has 0 fully saturated rings. The van der Waals surface area contributed by atoms with E-state index < -0.39 is 6.09 Å². The largest absolute Gasteiger partial charge is 0.465 e. The van der Waals surface area contributed by atoms with Crippen LogP contribution in [0.2, 0.25) is 0 Å². The molecule has 1 aliphatic heterocycles. The molecule has 0 spiro atoms. The second-order valence-electron chi connectivity index (χ2n) is 4.63. The minimum atomic E-state index is -1.06. The fraction of sp³-hybridized carbons (Fsp3) is 0.231. The first kappa shape index (κ1) is 11.6. The SMILES string of the molecule is CN1Cc2cnn(C)c2-c2cccc(NC(=O)O)c21. The molecule has 6 heteroatoms. The molecule has 1 aromatic heterocycles. The van der Waals surface area contributed by atoms with Crippen molar-refractivity contribution in [2.75, 3.05) is 17.3 Å². The fourth-order valence-corrected chi connectivity index (χ4v) is 2.64. The standard InChI is InChI=1S/C13H14N4O2/c1-16-7-8-6-14-17(2)11(8)9-4-3-5-10(12(9)16)15-13(18)19/h3-6,15H,7H2,1-2H3,(H,18,19). The Bertz CT molecular complexity index is 663. The van der Waals surface area contributed by atoms with Gasteiger partial charge in [0, 0.05) is 31.8 Å². The number of carboxylic acid groups (broad SMARTS) is 1. The summed E-state index contributed by atoms with van der Waals surface area (Å²) >= 11 is 0. The van der Waals surface area contributed by atoms with Gasteiger partial charge in [-0.2, -0.15) is 5.10 Å². The highest BCUT2D eigenvalue weighted by Crippen LogP contribution is 2.42. The molecular weight excluding hydrogens is 244 g/mol. The van der Waals surface area contributed by atoms with Crippen molar-refractivity contribution in [2.24, 2.45) is 7.05 Å². The highest BCUT2D eigenvalue weighted by atomic mass is 16.4. The van der Waals surface area contributed by atoms with Crippen molar-refractivity contribution < 1.29 is 9.90 Å². The zero-order valence-electron chi connectivity index (χ0n) is 10.7. The summed E-state index contributed by atoms with van der Waals surface area (Å²) < 4.78 is 1.83. The lowest BCUT2D eigenvalue weighted by molar-refractivity contribution is 0.210. The molecular formula is C13H14N4O2. The molecule has 0 atom stereocenters. The Morgan fingerprint density at radius 3 is 2.95 bits per heavy atom. The topological polar surface area (TPSA) is 70.4 Å². The second-order valence-corrected chi connectivity index (χ2v) is 4.63. The van der Waals surface area contributed by atoms with Crippen LogP contribution in [0.1, 0.15) is 5.56 Å². The van der Waals surface area contributed by atoms with E-state index in [2.05, 4.69) is 10.4 Å². The summed E-state index contributed by atoms with van der Waals surface area (Å²) in [6.07, 6.45) is 0.795. The molecule has 1 amide bonds. The third kappa shape index (κ3) is 1.72. The van der Waals surface area contributed by atoms with E-state index in [1.54, 1.807) is 6.07 Å². The van der Waals surface area contributed by atoms with E-state index in [0.717, 1.165) is 22.5 Å². The number of nitrogens with zero attached hydrogens (tertiary/aromatic N) is 3. The van der Waals surface area contributed by atoms with Crippen LogP contribution < -0.4 is 10.2 Å². The van der Waals surface area contributed by atoms with Gasteiger partial charge in [-0.05, 0) is 6.07 Å². The molecule has 0 unspecified atom stereocenters. The molecule has 19 heavy (non-hydrogen) atoms. The van der Waals surface area contributed by atoms with E-state index in [-0.39, 0.29) is 0 Å². The Hall–Kier alpha value is -2.50. The number of carbonyl (C=O) groups is 1. The molecule has 3 rings (SSSR count). The molecule has 0 bridgehead atoms. The smallest absolute Gasteiger partial charge is 0.409 e. The Labute approximate surface area is 110 Å². The molecule has 1 aliphatic rings. The van der Waals surface area contributed by atoms with Gasteiger partial charge in [0.1, 0.15) is 0 Å². The van der Waals surface area contributed by atoms with E-state index >= 15 is 0 Å². The minimum absolute atomic E-state index is 0.597. The summed E-state index contributed by atoms with van der Waals surface area (Å²) in [7, 11) is 3.84. The van der Waals surface area contributed by atoms with Crippen LogP contribution in [0.25, 0.3) is 11.3 Å². The van der Waals surface area contributed by atoms with Gasteiger partial charge in [0.2, 0.25) is 0 Å². The quantitative estimate of drug-likeness (QED) is 0.822. The summed E-state index contributed by atoms with van der Waals surface area (Å²) in [5.41, 5.74) is 4.67. The highest BCUT2D eigenvalue weighted by molar-refractivity contribution is 5.96. The predicted octanol–water partition coefficient (Wildman–Crippen LogP) is 2.13. The number of aryl methyl sites for hydroxylation is 1. The zero-order valence-corrected chi connectivity index (χ0v) is 10.7. The first-order valence-electron chi connectivity index (χ1n) is 5.93. The van der Waals surface area contributed by atoms with Crippen molar-refractivity contribution >= 4 is 17.5 Å². The molecule has 2 heterocycles. The Balaban J connectivity index is 2.23. The van der Waals surface area contributed by atoms with Gasteiger partial charge in [0.05, 0.1) is 23.3 Å². The normalized spacial score (nSPS) is 12.8. The minimum Gasteiger partial charge on any atom is -0.465 e. The van der Waals surface area contributed by atoms with Gasteiger partial charge in [0.15, 0.2) is 0 Å². The number of nitrogens with one attached hydrogen (secondary N) is 1. The van der Waals surface area contributed by atoms with Crippen molar-refractivity contribution in [3.05, 3.63) is 30.0 Å². The van der Waals surface area contributed by atoms with E-state index in [9.17, 15) is 4.79 Å². The molecule has 0 aliphatic carbocycles. The number of hydrogen-bond donors (Lipinski definition) is 2. The number of para-hydroxylation sites is 1. The summed E-state index contributed by atoms with van der Waals surface area (Å²) in [6, 6.07) is 5.60. The van der Waals surface area contributed by atoms with E-state index in [4.69, 9.17) is 5.11 Å². The number of hydrogen-bond acceptors (Lipinski definition) is 3. The first-order chi connectivity index (χ1) is 9.08. The summed E-state index contributed by atoms with van der Waals surface area (Å²) in [5, 5.41) is 15.6. The van der Waals surface area contributed by atoms with E-state index in [1.165, 1.54) is 0 Å². The van der Waals surface area contributed by atoms with Crippen molar-refractivity contribution in [3.63, 3.8) is 0 Å². The maximum Gasteiger partial charge on any atom is 0.409 e. The van der Waals surface area contributed by atoms with Gasteiger partial charge in [-0.1, -0.05) is 12.1 Å². The second kappa shape index (κ2) is 4.01. The predicted molar refractivity (Wildman–Crippen MR) is 72.4 cm³/mol. The third-order valence-corrected chi connectivity index (χ3v) is 3.34. The molecule has 98 valence electrons. The fourth-order valence-electron chi connectivity index (χ4n) is 2.64. The third-order valence-electron chi connectivity index (χ3n) is 3.34. The van der Waals surface area contributed by atoms with Crippen molar-refractivity contribution in [1.29, 1.82) is 0 Å². The summed E-state index contributed by atoms with van der Waals surface area (Å²) in [4.78, 5) is 12.9. The molecule has 2 N–H and O–H groups in total. The molecule has 2 aromatic rings. The van der Waals surface area contributed by atoms with Gasteiger partial charge in [-0.3, -0.25) is 10.00 Å². The van der Waals surface area contributed by atoms with E-state index in [1.807, 2.05) is 42.0 Å². The monoisotopic (exact) mass is 258 g/mol. The lowest BCUT2D eigenvalue weighted by Crippen LogP contribution is -2.24. The maximum atomic E-state index is 10.9. The Morgan fingerprint density at radius 1 is 1.42 bits per heavy atom. The van der Waals surface area contributed by atoms with Crippen molar-refractivity contribution in [3.8, 4) is 11.3 Å². The van der Waals surface area contributed by atoms with Gasteiger partial charge in [0.25, 0.3) is 0 Å². The van der Waals surface area contributed by atoms with Crippen LogP contribution in [0, 0.1) is 0 Å². The average molecular weight is 258 g/mol. The highest BCUT2D eigenvalue weighted by Gasteiger charge is 2.25. The zero-order chi connectivity index (χ0) is 13.6. The average Bonchev–Trinajstić information content (AvgIpc) is 2.70. The number of anilines is 2. The van der Waals surface area contributed by atoms with Crippen LogP contribution >= 0.6 is 0 Å². The number of amides is 1. The number of rotatable bonds is 1. The molecule has 1 aromatic carbocycles.